The molecule has 9 heteroatoms. The Labute approximate surface area is 173 Å². The first-order valence-corrected chi connectivity index (χ1v) is 8.93. The molecule has 3 aromatic rings. The first-order valence-electron chi connectivity index (χ1n) is 8.93. The van der Waals surface area contributed by atoms with Gasteiger partial charge in [-0.15, -0.1) is 5.10 Å². The normalized spacial score (nSPS) is 10.7. The highest BCUT2D eigenvalue weighted by molar-refractivity contribution is 6.01. The van der Waals surface area contributed by atoms with E-state index in [2.05, 4.69) is 20.5 Å². The molecule has 30 heavy (non-hydrogen) atoms. The van der Waals surface area contributed by atoms with E-state index in [4.69, 9.17) is 18.9 Å². The van der Waals surface area contributed by atoms with Crippen LogP contribution in [0.3, 0.4) is 0 Å². The van der Waals surface area contributed by atoms with Gasteiger partial charge >= 0.3 is 0 Å². The molecule has 1 aromatic heterocycles. The lowest BCUT2D eigenvalue weighted by atomic mass is 10.2. The summed E-state index contributed by atoms with van der Waals surface area (Å²) < 4.78 is 21.0. The number of benzene rings is 2. The number of hydrogen-bond donors (Lipinski definition) is 2. The van der Waals surface area contributed by atoms with Crippen LogP contribution in [0.1, 0.15) is 5.56 Å². The summed E-state index contributed by atoms with van der Waals surface area (Å²) in [6.07, 6.45) is 3.01. The second-order valence-electron chi connectivity index (χ2n) is 6.04. The van der Waals surface area contributed by atoms with Crippen LogP contribution in [0.25, 0.3) is 17.5 Å². The Morgan fingerprint density at radius 2 is 1.63 bits per heavy atom. The average molecular weight is 410 g/mol. The topological polar surface area (TPSA) is 108 Å². The average Bonchev–Trinajstić information content (AvgIpc) is 3.24. The van der Waals surface area contributed by atoms with E-state index in [1.165, 1.54) is 6.08 Å². The summed E-state index contributed by atoms with van der Waals surface area (Å²) in [5.41, 5.74) is 1.44. The van der Waals surface area contributed by atoms with Gasteiger partial charge in [0.2, 0.25) is 5.95 Å². The van der Waals surface area contributed by atoms with Gasteiger partial charge in [0.1, 0.15) is 23.0 Å². The van der Waals surface area contributed by atoms with E-state index in [1.807, 2.05) is 0 Å². The highest BCUT2D eigenvalue weighted by Gasteiger charge is 2.13. The Balaban J connectivity index is 1.72. The molecule has 9 nitrogen and oxygen atoms in total. The quantitative estimate of drug-likeness (QED) is 0.549. The molecule has 2 N–H and O–H groups in total. The SMILES string of the molecule is COc1cc(/C=C/C(=O)Nc2n[nH]c(-c3ccc(OC)cc3OC)n2)cc(OC)c1. The number of aromatic nitrogens is 3. The van der Waals surface area contributed by atoms with Crippen LogP contribution >= 0.6 is 0 Å². The molecule has 0 saturated carbocycles. The number of ether oxygens (including phenoxy) is 4. The molecule has 0 atom stereocenters. The number of rotatable bonds is 8. The third-order valence-electron chi connectivity index (χ3n) is 4.19. The standard InChI is InChI=1S/C21H22N4O5/c1-27-14-6-7-17(18(12-14)30-4)20-23-21(25-24-20)22-19(26)8-5-13-9-15(28-2)11-16(10-13)29-3/h5-12H,1-4H3,(H2,22,23,24,25,26)/b8-5+. The molecule has 0 aliphatic heterocycles. The number of amides is 1. The van der Waals surface area contributed by atoms with Crippen molar-refractivity contribution in [1.29, 1.82) is 0 Å². The summed E-state index contributed by atoms with van der Waals surface area (Å²) in [5, 5.41) is 9.43. The van der Waals surface area contributed by atoms with E-state index in [-0.39, 0.29) is 11.9 Å². The van der Waals surface area contributed by atoms with E-state index in [0.717, 1.165) is 5.56 Å². The largest absolute Gasteiger partial charge is 0.497 e. The second-order valence-corrected chi connectivity index (χ2v) is 6.04. The van der Waals surface area contributed by atoms with Crippen LogP contribution < -0.4 is 24.3 Å². The van der Waals surface area contributed by atoms with E-state index in [9.17, 15) is 4.79 Å². The van der Waals surface area contributed by atoms with E-state index < -0.39 is 0 Å². The Hall–Kier alpha value is -4.01. The molecule has 0 fully saturated rings. The van der Waals surface area contributed by atoms with Crippen molar-refractivity contribution >= 4 is 17.9 Å². The van der Waals surface area contributed by atoms with E-state index in [0.29, 0.717) is 34.4 Å². The van der Waals surface area contributed by atoms with Crippen molar-refractivity contribution in [3.8, 4) is 34.4 Å². The van der Waals surface area contributed by atoms with Gasteiger partial charge in [-0.3, -0.25) is 15.2 Å². The number of methoxy groups -OCH3 is 4. The van der Waals surface area contributed by atoms with Crippen molar-refractivity contribution < 1.29 is 23.7 Å². The minimum absolute atomic E-state index is 0.140. The van der Waals surface area contributed by atoms with Gasteiger partial charge in [0.05, 0.1) is 34.0 Å². The number of aromatic amines is 1. The van der Waals surface area contributed by atoms with Crippen LogP contribution in [0.15, 0.2) is 42.5 Å². The first-order chi connectivity index (χ1) is 14.6. The molecule has 1 heterocycles. The third-order valence-corrected chi connectivity index (χ3v) is 4.19. The van der Waals surface area contributed by atoms with E-state index in [1.54, 1.807) is 70.9 Å². The van der Waals surface area contributed by atoms with Crippen molar-refractivity contribution in [3.63, 3.8) is 0 Å². The molecule has 0 spiro atoms. The number of carbonyl (C=O) groups excluding carboxylic acids is 1. The van der Waals surface area contributed by atoms with Gasteiger partial charge < -0.3 is 18.9 Å². The molecule has 0 bridgehead atoms. The van der Waals surface area contributed by atoms with Crippen molar-refractivity contribution in [2.45, 2.75) is 0 Å². The van der Waals surface area contributed by atoms with Crippen LogP contribution in [-0.4, -0.2) is 49.5 Å². The van der Waals surface area contributed by atoms with Crippen LogP contribution in [0.5, 0.6) is 23.0 Å². The molecule has 0 radical (unpaired) electrons. The molecule has 2 aromatic carbocycles. The minimum atomic E-state index is -0.385. The molecular weight excluding hydrogens is 388 g/mol. The lowest BCUT2D eigenvalue weighted by Crippen LogP contribution is -2.09. The summed E-state index contributed by atoms with van der Waals surface area (Å²) in [5.74, 6) is 2.68. The Morgan fingerprint density at radius 3 is 2.27 bits per heavy atom. The summed E-state index contributed by atoms with van der Waals surface area (Å²) in [4.78, 5) is 16.6. The van der Waals surface area contributed by atoms with Crippen molar-refractivity contribution in [1.82, 2.24) is 15.2 Å². The van der Waals surface area contributed by atoms with Crippen molar-refractivity contribution in [2.24, 2.45) is 0 Å². The maximum Gasteiger partial charge on any atom is 0.250 e. The molecule has 0 aliphatic carbocycles. The van der Waals surface area contributed by atoms with Crippen molar-refractivity contribution in [2.75, 3.05) is 33.8 Å². The van der Waals surface area contributed by atoms with E-state index >= 15 is 0 Å². The lowest BCUT2D eigenvalue weighted by Gasteiger charge is -2.07. The fraction of sp³-hybridized carbons (Fsp3) is 0.190. The molecule has 3 rings (SSSR count). The Kier molecular flexibility index (Phi) is 6.53. The van der Waals surface area contributed by atoms with Gasteiger partial charge in [0.15, 0.2) is 5.82 Å². The maximum atomic E-state index is 12.3. The predicted molar refractivity (Wildman–Crippen MR) is 112 cm³/mol. The molecule has 0 aliphatic rings. The van der Waals surface area contributed by atoms with Gasteiger partial charge in [-0.1, -0.05) is 0 Å². The predicted octanol–water partition coefficient (Wildman–Crippen LogP) is 3.16. The first kappa shape index (κ1) is 20.7. The molecular formula is C21H22N4O5. The zero-order valence-corrected chi connectivity index (χ0v) is 17.1. The third kappa shape index (κ3) is 4.88. The van der Waals surface area contributed by atoms with Gasteiger partial charge in [-0.2, -0.15) is 4.98 Å². The highest BCUT2D eigenvalue weighted by atomic mass is 16.5. The number of H-pyrrole nitrogens is 1. The van der Waals surface area contributed by atoms with Crippen LogP contribution in [0.4, 0.5) is 5.95 Å². The number of nitrogens with one attached hydrogen (secondary N) is 2. The van der Waals surface area contributed by atoms with Gasteiger partial charge in [-0.05, 0) is 35.9 Å². The number of anilines is 1. The monoisotopic (exact) mass is 410 g/mol. The van der Waals surface area contributed by atoms with Crippen LogP contribution in [0.2, 0.25) is 0 Å². The van der Waals surface area contributed by atoms with Gasteiger partial charge in [0.25, 0.3) is 5.91 Å². The van der Waals surface area contributed by atoms with Crippen molar-refractivity contribution in [3.05, 3.63) is 48.0 Å². The molecule has 156 valence electrons. The Bertz CT molecular complexity index is 1040. The second kappa shape index (κ2) is 9.46. The molecule has 1 amide bonds. The zero-order chi connectivity index (χ0) is 21.5. The summed E-state index contributed by atoms with van der Waals surface area (Å²) in [6, 6.07) is 10.6. The van der Waals surface area contributed by atoms with Gasteiger partial charge in [0, 0.05) is 18.2 Å². The molecule has 0 unspecified atom stereocenters. The maximum absolute atomic E-state index is 12.3. The fourth-order valence-corrected chi connectivity index (χ4v) is 2.68. The summed E-state index contributed by atoms with van der Waals surface area (Å²) >= 11 is 0. The smallest absolute Gasteiger partial charge is 0.250 e. The summed E-state index contributed by atoms with van der Waals surface area (Å²) in [7, 11) is 6.25. The number of carbonyl (C=O) groups is 1. The number of nitrogens with zero attached hydrogens (tertiary/aromatic N) is 2. The lowest BCUT2D eigenvalue weighted by molar-refractivity contribution is -0.111. The fourth-order valence-electron chi connectivity index (χ4n) is 2.68. The highest BCUT2D eigenvalue weighted by Crippen LogP contribution is 2.31. The van der Waals surface area contributed by atoms with Crippen LogP contribution in [-0.2, 0) is 4.79 Å². The summed E-state index contributed by atoms with van der Waals surface area (Å²) in [6.45, 7) is 0. The van der Waals surface area contributed by atoms with Gasteiger partial charge in [-0.25, -0.2) is 0 Å². The minimum Gasteiger partial charge on any atom is -0.497 e. The Morgan fingerprint density at radius 1 is 0.933 bits per heavy atom. The zero-order valence-electron chi connectivity index (χ0n) is 17.1. The molecule has 0 saturated heterocycles. The number of hydrogen-bond acceptors (Lipinski definition) is 7. The van der Waals surface area contributed by atoms with Crippen LogP contribution in [0, 0.1) is 0 Å².